The third kappa shape index (κ3) is 4.27. The van der Waals surface area contributed by atoms with Crippen molar-refractivity contribution in [2.75, 3.05) is 26.2 Å². The Morgan fingerprint density at radius 1 is 1.35 bits per heavy atom. The molecule has 2 rings (SSSR count). The minimum atomic E-state index is 0. The lowest BCUT2D eigenvalue weighted by molar-refractivity contribution is 0.185. The maximum atomic E-state index is 6.08. The Bertz CT molecular complexity index is 329. The van der Waals surface area contributed by atoms with E-state index in [1.807, 2.05) is 6.07 Å². The minimum absolute atomic E-state index is 0. The van der Waals surface area contributed by atoms with E-state index in [1.54, 1.807) is 6.20 Å². The molecule has 0 unspecified atom stereocenters. The number of nitrogens with one attached hydrogen (secondary N) is 1. The normalized spacial score (nSPS) is 17.8. The highest BCUT2D eigenvalue weighted by Gasteiger charge is 2.19. The monoisotopic (exact) mass is 297 g/mol. The van der Waals surface area contributed by atoms with Crippen molar-refractivity contribution in [2.24, 2.45) is 0 Å². The number of halogens is 3. The number of hydrogen-bond donors (Lipinski definition) is 1. The Morgan fingerprint density at radius 3 is 2.59 bits per heavy atom. The van der Waals surface area contributed by atoms with Gasteiger partial charge in [-0.15, -0.1) is 24.8 Å². The van der Waals surface area contributed by atoms with Gasteiger partial charge < -0.3 is 5.32 Å². The zero-order valence-electron chi connectivity index (χ0n) is 9.73. The second-order valence-corrected chi connectivity index (χ2v) is 4.20. The summed E-state index contributed by atoms with van der Waals surface area (Å²) >= 11 is 6.08. The predicted octanol–water partition coefficient (Wildman–Crippen LogP) is 2.54. The summed E-state index contributed by atoms with van der Waals surface area (Å²) in [5.74, 6) is 0. The third-order valence-corrected chi connectivity index (χ3v) is 3.25. The van der Waals surface area contributed by atoms with Crippen LogP contribution in [0.15, 0.2) is 18.3 Å². The summed E-state index contributed by atoms with van der Waals surface area (Å²) in [4.78, 5) is 6.55. The van der Waals surface area contributed by atoms with Gasteiger partial charge in [-0.25, -0.2) is 4.98 Å². The van der Waals surface area contributed by atoms with Gasteiger partial charge in [0.15, 0.2) is 0 Å². The van der Waals surface area contributed by atoms with E-state index in [0.29, 0.717) is 11.2 Å². The van der Waals surface area contributed by atoms with Crippen LogP contribution in [0, 0.1) is 0 Å². The van der Waals surface area contributed by atoms with Gasteiger partial charge in [-0.1, -0.05) is 17.7 Å². The Labute approximate surface area is 120 Å². The molecule has 0 spiro atoms. The summed E-state index contributed by atoms with van der Waals surface area (Å²) in [7, 11) is 0. The van der Waals surface area contributed by atoms with Crippen molar-refractivity contribution in [3.8, 4) is 0 Å². The third-order valence-electron chi connectivity index (χ3n) is 2.94. The molecule has 1 saturated heterocycles. The molecule has 2 heterocycles. The van der Waals surface area contributed by atoms with Crippen LogP contribution in [0.4, 0.5) is 0 Å². The van der Waals surface area contributed by atoms with Crippen LogP contribution in [0.3, 0.4) is 0 Å². The van der Waals surface area contributed by atoms with Crippen LogP contribution >= 0.6 is 36.4 Å². The van der Waals surface area contributed by atoms with E-state index >= 15 is 0 Å². The first-order valence-corrected chi connectivity index (χ1v) is 5.72. The Hall–Kier alpha value is -0.0600. The topological polar surface area (TPSA) is 28.2 Å². The zero-order chi connectivity index (χ0) is 10.7. The molecule has 0 aromatic carbocycles. The zero-order valence-corrected chi connectivity index (χ0v) is 12.1. The fourth-order valence-electron chi connectivity index (χ4n) is 1.98. The van der Waals surface area contributed by atoms with Crippen molar-refractivity contribution >= 4 is 36.4 Å². The summed E-state index contributed by atoms with van der Waals surface area (Å²) < 4.78 is 0. The lowest BCUT2D eigenvalue weighted by Gasteiger charge is -2.33. The fourth-order valence-corrected chi connectivity index (χ4v) is 2.25. The number of pyridine rings is 1. The van der Waals surface area contributed by atoms with Crippen LogP contribution in [-0.2, 0) is 0 Å². The number of aromatic nitrogens is 1. The van der Waals surface area contributed by atoms with Crippen LogP contribution in [0.1, 0.15) is 18.5 Å². The van der Waals surface area contributed by atoms with Gasteiger partial charge >= 0.3 is 0 Å². The summed E-state index contributed by atoms with van der Waals surface area (Å²) in [5, 5.41) is 3.97. The average Bonchev–Trinajstić information content (AvgIpc) is 2.30. The summed E-state index contributed by atoms with van der Waals surface area (Å²) in [6.45, 7) is 6.46. The molecule has 1 N–H and O–H groups in total. The Morgan fingerprint density at radius 2 is 2.00 bits per heavy atom. The molecule has 3 nitrogen and oxygen atoms in total. The maximum absolute atomic E-state index is 6.08. The molecular weight excluding hydrogens is 281 g/mol. The fraction of sp³-hybridized carbons (Fsp3) is 0.545. The predicted molar refractivity (Wildman–Crippen MR) is 76.6 cm³/mol. The Kier molecular flexibility index (Phi) is 8.09. The van der Waals surface area contributed by atoms with E-state index in [1.165, 1.54) is 0 Å². The first-order valence-electron chi connectivity index (χ1n) is 5.34. The highest BCUT2D eigenvalue weighted by molar-refractivity contribution is 6.30. The highest BCUT2D eigenvalue weighted by Crippen LogP contribution is 2.25. The van der Waals surface area contributed by atoms with Crippen molar-refractivity contribution < 1.29 is 0 Å². The lowest BCUT2D eigenvalue weighted by atomic mass is 10.1. The van der Waals surface area contributed by atoms with Crippen molar-refractivity contribution in [2.45, 2.75) is 13.0 Å². The summed E-state index contributed by atoms with van der Waals surface area (Å²) in [5.41, 5.74) is 1.13. The molecule has 1 aliphatic heterocycles. The smallest absolute Gasteiger partial charge is 0.133 e. The quantitative estimate of drug-likeness (QED) is 0.851. The molecule has 0 aliphatic carbocycles. The minimum Gasteiger partial charge on any atom is -0.314 e. The molecule has 98 valence electrons. The first kappa shape index (κ1) is 16.9. The van der Waals surface area contributed by atoms with Gasteiger partial charge in [0.1, 0.15) is 5.15 Å². The SMILES string of the molecule is C[C@H](c1cccnc1Cl)N1CCNCC1.Cl.Cl. The molecule has 0 saturated carbocycles. The summed E-state index contributed by atoms with van der Waals surface area (Å²) in [6.07, 6.45) is 1.73. The molecule has 0 bridgehead atoms. The van der Waals surface area contributed by atoms with Gasteiger partial charge in [-0.2, -0.15) is 0 Å². The molecule has 1 aromatic heterocycles. The van der Waals surface area contributed by atoms with Crippen LogP contribution in [0.25, 0.3) is 0 Å². The second-order valence-electron chi connectivity index (χ2n) is 3.85. The second kappa shape index (κ2) is 8.11. The molecule has 6 heteroatoms. The number of nitrogens with zero attached hydrogens (tertiary/aromatic N) is 2. The van der Waals surface area contributed by atoms with E-state index in [9.17, 15) is 0 Å². The molecule has 0 radical (unpaired) electrons. The molecule has 0 amide bonds. The largest absolute Gasteiger partial charge is 0.314 e. The van der Waals surface area contributed by atoms with Crippen molar-refractivity contribution in [1.82, 2.24) is 15.2 Å². The van der Waals surface area contributed by atoms with Gasteiger partial charge in [-0.05, 0) is 13.0 Å². The summed E-state index contributed by atoms with van der Waals surface area (Å²) in [6, 6.07) is 4.36. The van der Waals surface area contributed by atoms with Crippen LogP contribution in [0.2, 0.25) is 5.15 Å². The first-order chi connectivity index (χ1) is 7.29. The molecule has 1 aliphatic rings. The molecule has 1 aromatic rings. The van der Waals surface area contributed by atoms with Gasteiger partial charge in [0.25, 0.3) is 0 Å². The molecule has 17 heavy (non-hydrogen) atoms. The van der Waals surface area contributed by atoms with E-state index < -0.39 is 0 Å². The van der Waals surface area contributed by atoms with Gasteiger partial charge in [0.05, 0.1) is 0 Å². The van der Waals surface area contributed by atoms with Crippen molar-refractivity contribution in [3.05, 3.63) is 29.0 Å². The Balaban J connectivity index is 0.00000128. The highest BCUT2D eigenvalue weighted by atomic mass is 35.5. The van der Waals surface area contributed by atoms with Gasteiger partial charge in [0, 0.05) is 44.0 Å². The van der Waals surface area contributed by atoms with Crippen LogP contribution < -0.4 is 5.32 Å². The number of piperazine rings is 1. The molecular formula is C11H18Cl3N3. The van der Waals surface area contributed by atoms with Crippen LogP contribution in [-0.4, -0.2) is 36.1 Å². The lowest BCUT2D eigenvalue weighted by Crippen LogP contribution is -2.44. The van der Waals surface area contributed by atoms with Crippen molar-refractivity contribution in [3.63, 3.8) is 0 Å². The molecule has 1 fully saturated rings. The average molecular weight is 299 g/mol. The number of rotatable bonds is 2. The van der Waals surface area contributed by atoms with E-state index in [2.05, 4.69) is 28.2 Å². The van der Waals surface area contributed by atoms with E-state index in [-0.39, 0.29) is 24.8 Å². The van der Waals surface area contributed by atoms with E-state index in [0.717, 1.165) is 31.7 Å². The number of hydrogen-bond acceptors (Lipinski definition) is 3. The van der Waals surface area contributed by atoms with E-state index in [4.69, 9.17) is 11.6 Å². The maximum Gasteiger partial charge on any atom is 0.133 e. The molecule has 1 atom stereocenters. The van der Waals surface area contributed by atoms with Gasteiger partial charge in [0.2, 0.25) is 0 Å². The van der Waals surface area contributed by atoms with Gasteiger partial charge in [-0.3, -0.25) is 4.90 Å². The standard InChI is InChI=1S/C11H16ClN3.2ClH/c1-9(15-7-5-13-6-8-15)10-3-2-4-14-11(10)12;;/h2-4,9,13H,5-8H2,1H3;2*1H/t9-;;/m1../s1. The van der Waals surface area contributed by atoms with Crippen molar-refractivity contribution in [1.29, 1.82) is 0 Å². The van der Waals surface area contributed by atoms with Crippen LogP contribution in [0.5, 0.6) is 0 Å².